The Balaban J connectivity index is 1.51. The number of rotatable bonds is 6. The molecule has 1 heterocycles. The average Bonchev–Trinajstić information content (AvgIpc) is 2.66. The predicted molar refractivity (Wildman–Crippen MR) is 102 cm³/mol. The highest BCUT2D eigenvalue weighted by molar-refractivity contribution is 6.02. The minimum Gasteiger partial charge on any atom is -0.383 e. The molecule has 3 rings (SSSR count). The zero-order chi connectivity index (χ0) is 18.4. The number of pyridine rings is 1. The average molecular weight is 349 g/mol. The molecule has 0 saturated heterocycles. The van der Waals surface area contributed by atoms with E-state index in [1.54, 1.807) is 24.4 Å². The second-order valence-electron chi connectivity index (χ2n) is 6.06. The van der Waals surface area contributed by atoms with Crippen LogP contribution in [0, 0.1) is 12.7 Å². The number of aryl methyl sites for hydroxylation is 1. The molecule has 3 aromatic rings. The first-order valence-corrected chi connectivity index (χ1v) is 8.42. The molecule has 0 unspecified atom stereocenters. The zero-order valence-corrected chi connectivity index (χ0v) is 14.5. The highest BCUT2D eigenvalue weighted by atomic mass is 19.1. The minimum absolute atomic E-state index is 0.231. The maximum absolute atomic E-state index is 12.9. The Morgan fingerprint density at radius 3 is 2.31 bits per heavy atom. The molecule has 0 aliphatic heterocycles. The first kappa shape index (κ1) is 17.6. The molecule has 0 fully saturated rings. The first-order valence-electron chi connectivity index (χ1n) is 8.42. The standard InChI is InChI=1S/C21H20FN3O/c1-15-2-8-18(9-3-15)25-21(26)20-11-10-19(14-24-20)23-13-12-16-4-6-17(22)7-5-16/h2-11,14,23H,12-13H2,1H3,(H,25,26). The lowest BCUT2D eigenvalue weighted by molar-refractivity contribution is 0.102. The summed E-state index contributed by atoms with van der Waals surface area (Å²) in [5.74, 6) is -0.475. The van der Waals surface area contributed by atoms with Crippen molar-refractivity contribution in [2.24, 2.45) is 0 Å². The molecule has 0 aliphatic rings. The van der Waals surface area contributed by atoms with Gasteiger partial charge in [0.1, 0.15) is 11.5 Å². The molecule has 132 valence electrons. The lowest BCUT2D eigenvalue weighted by atomic mass is 10.1. The van der Waals surface area contributed by atoms with Gasteiger partial charge in [-0.3, -0.25) is 4.79 Å². The van der Waals surface area contributed by atoms with Crippen molar-refractivity contribution in [3.63, 3.8) is 0 Å². The third-order valence-electron chi connectivity index (χ3n) is 3.96. The van der Waals surface area contributed by atoms with Gasteiger partial charge in [-0.2, -0.15) is 0 Å². The van der Waals surface area contributed by atoms with Crippen LogP contribution in [0.2, 0.25) is 0 Å². The van der Waals surface area contributed by atoms with Crippen LogP contribution in [0.3, 0.4) is 0 Å². The molecule has 5 heteroatoms. The van der Waals surface area contributed by atoms with E-state index in [1.165, 1.54) is 12.1 Å². The van der Waals surface area contributed by atoms with Crippen molar-refractivity contribution in [2.75, 3.05) is 17.2 Å². The Morgan fingerprint density at radius 1 is 0.962 bits per heavy atom. The number of hydrogen-bond acceptors (Lipinski definition) is 3. The van der Waals surface area contributed by atoms with Gasteiger partial charge in [-0.15, -0.1) is 0 Å². The van der Waals surface area contributed by atoms with Crippen molar-refractivity contribution < 1.29 is 9.18 Å². The van der Waals surface area contributed by atoms with E-state index in [0.717, 1.165) is 28.9 Å². The number of amides is 1. The number of aromatic nitrogens is 1. The van der Waals surface area contributed by atoms with Gasteiger partial charge in [-0.25, -0.2) is 9.37 Å². The summed E-state index contributed by atoms with van der Waals surface area (Å²) in [5, 5.41) is 6.06. The minimum atomic E-state index is -0.244. The normalized spacial score (nSPS) is 10.4. The molecule has 0 bridgehead atoms. The summed E-state index contributed by atoms with van der Waals surface area (Å²) in [6.07, 6.45) is 2.41. The quantitative estimate of drug-likeness (QED) is 0.692. The van der Waals surface area contributed by atoms with Crippen molar-refractivity contribution in [2.45, 2.75) is 13.3 Å². The van der Waals surface area contributed by atoms with Crippen LogP contribution in [0.4, 0.5) is 15.8 Å². The van der Waals surface area contributed by atoms with Crippen LogP contribution in [0.1, 0.15) is 21.6 Å². The van der Waals surface area contributed by atoms with E-state index in [9.17, 15) is 9.18 Å². The molecule has 4 nitrogen and oxygen atoms in total. The van der Waals surface area contributed by atoms with E-state index in [4.69, 9.17) is 0 Å². The van der Waals surface area contributed by atoms with Gasteiger partial charge in [0.05, 0.1) is 11.9 Å². The van der Waals surface area contributed by atoms with Crippen molar-refractivity contribution in [3.05, 3.63) is 89.5 Å². The fourth-order valence-corrected chi connectivity index (χ4v) is 2.47. The van der Waals surface area contributed by atoms with Crippen LogP contribution in [0.15, 0.2) is 66.9 Å². The smallest absolute Gasteiger partial charge is 0.274 e. The van der Waals surface area contributed by atoms with Gasteiger partial charge in [-0.05, 0) is 55.3 Å². The van der Waals surface area contributed by atoms with E-state index < -0.39 is 0 Å². The topological polar surface area (TPSA) is 54.0 Å². The lowest BCUT2D eigenvalue weighted by Gasteiger charge is -2.08. The predicted octanol–water partition coefficient (Wildman–Crippen LogP) is 4.44. The van der Waals surface area contributed by atoms with Gasteiger partial charge in [0.15, 0.2) is 0 Å². The summed E-state index contributed by atoms with van der Waals surface area (Å²) in [6.45, 7) is 2.69. The Hall–Kier alpha value is -3.21. The largest absolute Gasteiger partial charge is 0.383 e. The SMILES string of the molecule is Cc1ccc(NC(=O)c2ccc(NCCc3ccc(F)cc3)cn2)cc1. The number of benzene rings is 2. The third-order valence-corrected chi connectivity index (χ3v) is 3.96. The first-order chi connectivity index (χ1) is 12.6. The number of halogens is 1. The summed E-state index contributed by atoms with van der Waals surface area (Å²) >= 11 is 0. The van der Waals surface area contributed by atoms with Crippen molar-refractivity contribution in [1.29, 1.82) is 0 Å². The van der Waals surface area contributed by atoms with Crippen LogP contribution >= 0.6 is 0 Å². The number of nitrogens with zero attached hydrogens (tertiary/aromatic N) is 1. The Labute approximate surface area is 152 Å². The van der Waals surface area contributed by atoms with E-state index in [0.29, 0.717) is 12.2 Å². The second kappa shape index (κ2) is 8.25. The zero-order valence-electron chi connectivity index (χ0n) is 14.5. The van der Waals surface area contributed by atoms with Gasteiger partial charge in [-0.1, -0.05) is 29.8 Å². The van der Waals surface area contributed by atoms with Crippen molar-refractivity contribution in [3.8, 4) is 0 Å². The fraction of sp³-hybridized carbons (Fsp3) is 0.143. The Kier molecular flexibility index (Phi) is 5.59. The Morgan fingerprint density at radius 2 is 1.65 bits per heavy atom. The lowest BCUT2D eigenvalue weighted by Crippen LogP contribution is -2.14. The maximum Gasteiger partial charge on any atom is 0.274 e. The van der Waals surface area contributed by atoms with Crippen LogP contribution in [0.5, 0.6) is 0 Å². The molecule has 0 saturated carbocycles. The maximum atomic E-state index is 12.9. The number of hydrogen-bond donors (Lipinski definition) is 2. The molecule has 0 atom stereocenters. The molecule has 1 amide bonds. The summed E-state index contributed by atoms with van der Waals surface area (Å²) < 4.78 is 12.9. The second-order valence-corrected chi connectivity index (χ2v) is 6.06. The van der Waals surface area contributed by atoms with Crippen LogP contribution in [-0.2, 0) is 6.42 Å². The molecular weight excluding hydrogens is 329 g/mol. The molecule has 2 N–H and O–H groups in total. The van der Waals surface area contributed by atoms with Crippen molar-refractivity contribution in [1.82, 2.24) is 4.98 Å². The number of carbonyl (C=O) groups excluding carboxylic acids is 1. The number of nitrogens with one attached hydrogen (secondary N) is 2. The summed E-state index contributed by atoms with van der Waals surface area (Å²) in [6, 6.07) is 17.6. The van der Waals surface area contributed by atoms with Crippen LogP contribution in [-0.4, -0.2) is 17.4 Å². The third kappa shape index (κ3) is 4.89. The van der Waals surface area contributed by atoms with E-state index >= 15 is 0 Å². The molecule has 0 radical (unpaired) electrons. The Bertz CT molecular complexity index is 859. The van der Waals surface area contributed by atoms with Gasteiger partial charge in [0.25, 0.3) is 5.91 Å². The van der Waals surface area contributed by atoms with Gasteiger partial charge in [0.2, 0.25) is 0 Å². The van der Waals surface area contributed by atoms with Gasteiger partial charge in [0, 0.05) is 12.2 Å². The van der Waals surface area contributed by atoms with E-state index in [2.05, 4.69) is 15.6 Å². The summed E-state index contributed by atoms with van der Waals surface area (Å²) in [5.41, 5.74) is 4.12. The van der Waals surface area contributed by atoms with Gasteiger partial charge < -0.3 is 10.6 Å². The van der Waals surface area contributed by atoms with Crippen molar-refractivity contribution >= 4 is 17.3 Å². The summed E-state index contributed by atoms with van der Waals surface area (Å²) in [4.78, 5) is 16.4. The van der Waals surface area contributed by atoms with E-state index in [1.807, 2.05) is 37.3 Å². The number of carbonyl (C=O) groups is 1. The molecule has 1 aromatic heterocycles. The van der Waals surface area contributed by atoms with E-state index in [-0.39, 0.29) is 11.7 Å². The van der Waals surface area contributed by atoms with Crippen LogP contribution in [0.25, 0.3) is 0 Å². The fourth-order valence-electron chi connectivity index (χ4n) is 2.47. The molecule has 26 heavy (non-hydrogen) atoms. The highest BCUT2D eigenvalue weighted by Crippen LogP contribution is 2.12. The molecule has 0 aliphatic carbocycles. The van der Waals surface area contributed by atoms with Crippen LogP contribution < -0.4 is 10.6 Å². The molecular formula is C21H20FN3O. The van der Waals surface area contributed by atoms with Gasteiger partial charge >= 0.3 is 0 Å². The molecule has 2 aromatic carbocycles. The monoisotopic (exact) mass is 349 g/mol. The summed E-state index contributed by atoms with van der Waals surface area (Å²) in [7, 11) is 0. The highest BCUT2D eigenvalue weighted by Gasteiger charge is 2.07. The molecule has 0 spiro atoms. The number of anilines is 2.